The van der Waals surface area contributed by atoms with Crippen molar-refractivity contribution in [3.8, 4) is 11.5 Å². The molecule has 7 nitrogen and oxygen atoms in total. The molecule has 1 amide bonds. The van der Waals surface area contributed by atoms with Crippen molar-refractivity contribution in [3.05, 3.63) is 65.0 Å². The van der Waals surface area contributed by atoms with Crippen LogP contribution < -0.4 is 14.4 Å². The van der Waals surface area contributed by atoms with Gasteiger partial charge in [-0.1, -0.05) is 30.3 Å². The molecule has 0 radical (unpaired) electrons. The van der Waals surface area contributed by atoms with Crippen molar-refractivity contribution in [2.24, 2.45) is 0 Å². The molecule has 35 heavy (non-hydrogen) atoms. The number of carbonyl (C=O) groups is 2. The van der Waals surface area contributed by atoms with Crippen LogP contribution in [0.3, 0.4) is 0 Å². The zero-order valence-corrected chi connectivity index (χ0v) is 18.9. The number of carbonyl (C=O) groups excluding carboxylic acids is 1. The third kappa shape index (κ3) is 4.37. The van der Waals surface area contributed by atoms with Crippen LogP contribution in [-0.2, 0) is 16.0 Å². The summed E-state index contributed by atoms with van der Waals surface area (Å²) in [6.07, 6.45) is -4.39. The highest BCUT2D eigenvalue weighted by molar-refractivity contribution is 6.17. The third-order valence-corrected chi connectivity index (χ3v) is 5.56. The molecule has 0 saturated carbocycles. The lowest BCUT2D eigenvalue weighted by Gasteiger charge is -2.25. The first-order chi connectivity index (χ1) is 16.8. The minimum Gasteiger partial charge on any atom is -0.492 e. The van der Waals surface area contributed by atoms with Gasteiger partial charge in [-0.25, -0.2) is 13.2 Å². The van der Waals surface area contributed by atoms with Gasteiger partial charge in [-0.15, -0.1) is 0 Å². The lowest BCUT2D eigenvalue weighted by atomic mass is 9.98. The van der Waals surface area contributed by atoms with Crippen molar-refractivity contribution < 1.29 is 42.1 Å². The third-order valence-electron chi connectivity index (χ3n) is 5.56. The Balaban J connectivity index is 1.95. The number of alkyl halides is 2. The molecule has 0 unspecified atom stereocenters. The van der Waals surface area contributed by atoms with Crippen LogP contribution in [-0.4, -0.2) is 43.7 Å². The van der Waals surface area contributed by atoms with Gasteiger partial charge in [-0.05, 0) is 24.6 Å². The maximum absolute atomic E-state index is 15.1. The number of carboxylic acid groups (broad SMARTS) is 1. The van der Waals surface area contributed by atoms with E-state index in [-0.39, 0.29) is 40.5 Å². The average molecular weight is 489 g/mol. The van der Waals surface area contributed by atoms with Gasteiger partial charge in [0.05, 0.1) is 29.8 Å². The van der Waals surface area contributed by atoms with Crippen LogP contribution >= 0.6 is 0 Å². The predicted octanol–water partition coefficient (Wildman–Crippen LogP) is 4.95. The van der Waals surface area contributed by atoms with Gasteiger partial charge in [-0.2, -0.15) is 0 Å². The topological polar surface area (TPSA) is 85.3 Å². The molecular weight excluding hydrogens is 467 g/mol. The molecule has 1 aliphatic heterocycles. The number of hydrogen-bond donors (Lipinski definition) is 1. The Morgan fingerprint density at radius 3 is 2.37 bits per heavy atom. The van der Waals surface area contributed by atoms with Crippen molar-refractivity contribution >= 4 is 28.3 Å². The highest BCUT2D eigenvalue weighted by atomic mass is 19.3. The Kier molecular flexibility index (Phi) is 6.83. The van der Waals surface area contributed by atoms with Gasteiger partial charge in [0.25, 0.3) is 12.3 Å². The Morgan fingerprint density at radius 2 is 1.80 bits per heavy atom. The lowest BCUT2D eigenvalue weighted by Crippen LogP contribution is -2.30. The number of ether oxygens (including phenoxy) is 3. The van der Waals surface area contributed by atoms with E-state index in [9.17, 15) is 18.4 Å². The summed E-state index contributed by atoms with van der Waals surface area (Å²) >= 11 is 0. The van der Waals surface area contributed by atoms with E-state index in [1.807, 2.05) is 0 Å². The van der Waals surface area contributed by atoms with Crippen molar-refractivity contribution in [2.45, 2.75) is 26.0 Å². The summed E-state index contributed by atoms with van der Waals surface area (Å²) in [5.41, 5.74) is 0.210. The molecule has 4 rings (SSSR count). The monoisotopic (exact) mass is 489 g/mol. The number of halogens is 3. The Morgan fingerprint density at radius 1 is 1.11 bits per heavy atom. The summed E-state index contributed by atoms with van der Waals surface area (Å²) in [5, 5.41) is 9.89. The number of carboxylic acids is 1. The summed E-state index contributed by atoms with van der Waals surface area (Å²) in [5.74, 6) is -2.42. The minimum absolute atomic E-state index is 0.0185. The van der Waals surface area contributed by atoms with Gasteiger partial charge in [-0.3, -0.25) is 14.5 Å². The molecule has 3 aromatic rings. The number of anilines is 1. The van der Waals surface area contributed by atoms with E-state index in [0.29, 0.717) is 10.8 Å². The molecule has 0 fully saturated rings. The predicted molar refractivity (Wildman–Crippen MR) is 121 cm³/mol. The summed E-state index contributed by atoms with van der Waals surface area (Å²) < 4.78 is 58.2. The van der Waals surface area contributed by atoms with Crippen LogP contribution in [0.2, 0.25) is 0 Å². The molecule has 3 aromatic carbocycles. The number of fused-ring (bicyclic) bond motifs is 2. The highest BCUT2D eigenvalue weighted by Gasteiger charge is 2.45. The van der Waals surface area contributed by atoms with Crippen molar-refractivity contribution in [1.29, 1.82) is 0 Å². The summed E-state index contributed by atoms with van der Waals surface area (Å²) in [6.45, 7) is 1.01. The van der Waals surface area contributed by atoms with Gasteiger partial charge in [0.2, 0.25) is 0 Å². The molecule has 1 atom stereocenters. The van der Waals surface area contributed by atoms with Gasteiger partial charge in [0.1, 0.15) is 23.9 Å². The second-order valence-electron chi connectivity index (χ2n) is 7.75. The Labute approximate surface area is 198 Å². The maximum atomic E-state index is 15.1. The Hall–Kier alpha value is -3.79. The fourth-order valence-corrected chi connectivity index (χ4v) is 4.28. The van der Waals surface area contributed by atoms with E-state index in [4.69, 9.17) is 19.3 Å². The van der Waals surface area contributed by atoms with Crippen LogP contribution in [0.15, 0.2) is 42.5 Å². The van der Waals surface area contributed by atoms with Crippen LogP contribution in [0.4, 0.5) is 18.9 Å². The first-order valence-corrected chi connectivity index (χ1v) is 10.8. The smallest absolute Gasteiger partial charge is 0.307 e. The SMILES string of the molecule is CCOc1c2c(c(OCC(F)F)c3ccccc13)[C@H](OC)N(c1ccc(CC(=O)O)cc1F)C2=O. The minimum atomic E-state index is -2.77. The molecule has 0 aromatic heterocycles. The van der Waals surface area contributed by atoms with Crippen molar-refractivity contribution in [3.63, 3.8) is 0 Å². The van der Waals surface area contributed by atoms with Crippen LogP contribution in [0.1, 0.15) is 34.6 Å². The molecule has 1 heterocycles. The number of amides is 1. The van der Waals surface area contributed by atoms with Crippen LogP contribution in [0, 0.1) is 5.82 Å². The fourth-order valence-electron chi connectivity index (χ4n) is 4.28. The van der Waals surface area contributed by atoms with Gasteiger partial charge in [0, 0.05) is 17.9 Å². The molecule has 0 saturated heterocycles. The van der Waals surface area contributed by atoms with E-state index in [0.717, 1.165) is 11.0 Å². The largest absolute Gasteiger partial charge is 0.492 e. The van der Waals surface area contributed by atoms with E-state index in [1.54, 1.807) is 31.2 Å². The number of rotatable bonds is 9. The van der Waals surface area contributed by atoms with Crippen LogP contribution in [0.25, 0.3) is 10.8 Å². The molecule has 0 spiro atoms. The quantitative estimate of drug-likeness (QED) is 0.458. The molecule has 0 aliphatic carbocycles. The van der Waals surface area contributed by atoms with E-state index >= 15 is 4.39 Å². The van der Waals surface area contributed by atoms with Crippen molar-refractivity contribution in [2.75, 3.05) is 25.2 Å². The van der Waals surface area contributed by atoms with Gasteiger partial charge < -0.3 is 19.3 Å². The molecule has 184 valence electrons. The normalized spacial score (nSPS) is 15.1. The summed E-state index contributed by atoms with van der Waals surface area (Å²) in [4.78, 5) is 25.7. The molecule has 0 bridgehead atoms. The van der Waals surface area contributed by atoms with Gasteiger partial charge >= 0.3 is 5.97 Å². The van der Waals surface area contributed by atoms with Crippen LogP contribution in [0.5, 0.6) is 11.5 Å². The maximum Gasteiger partial charge on any atom is 0.307 e. The van der Waals surface area contributed by atoms with E-state index < -0.39 is 43.4 Å². The number of nitrogens with zero attached hydrogens (tertiary/aromatic N) is 1. The van der Waals surface area contributed by atoms with E-state index in [2.05, 4.69) is 0 Å². The fraction of sp³-hybridized carbons (Fsp3) is 0.280. The van der Waals surface area contributed by atoms with Crippen molar-refractivity contribution in [1.82, 2.24) is 0 Å². The summed E-state index contributed by atoms with van der Waals surface area (Å²) in [7, 11) is 1.29. The average Bonchev–Trinajstić information content (AvgIpc) is 3.10. The highest BCUT2D eigenvalue weighted by Crippen LogP contribution is 2.51. The second kappa shape index (κ2) is 9.83. The first-order valence-electron chi connectivity index (χ1n) is 10.8. The lowest BCUT2D eigenvalue weighted by molar-refractivity contribution is -0.136. The second-order valence-corrected chi connectivity index (χ2v) is 7.75. The zero-order chi connectivity index (χ0) is 25.3. The molecular formula is C25H22F3NO6. The molecule has 1 N–H and O–H groups in total. The zero-order valence-electron chi connectivity index (χ0n) is 18.9. The number of hydrogen-bond acceptors (Lipinski definition) is 5. The molecule has 10 heteroatoms. The first kappa shape index (κ1) is 24.3. The number of aliphatic carboxylic acids is 1. The summed E-state index contributed by atoms with van der Waals surface area (Å²) in [6, 6.07) is 10.4. The van der Waals surface area contributed by atoms with Gasteiger partial charge in [0.15, 0.2) is 6.23 Å². The number of methoxy groups -OCH3 is 1. The molecule has 1 aliphatic rings. The Bertz CT molecular complexity index is 1300. The number of benzene rings is 3. The standard InChI is InChI=1S/C25H22F3NO6/c1-3-34-22-14-6-4-5-7-15(14)23(35-12-18(27)28)21-20(22)24(32)29(25(21)33-2)17-9-8-13(10-16(17)26)11-19(30)31/h4-10,18,25H,3,11-12H2,1-2H3,(H,30,31)/t25-/m0/s1. The van der Waals surface area contributed by atoms with E-state index in [1.165, 1.54) is 19.2 Å².